The number of ether oxygens (including phenoxy) is 3. The van der Waals surface area contributed by atoms with E-state index in [0.29, 0.717) is 33.2 Å². The zero-order valence-corrected chi connectivity index (χ0v) is 48.8. The van der Waals surface area contributed by atoms with E-state index in [2.05, 4.69) is 0 Å². The number of hydrogen-bond acceptors (Lipinski definition) is 12. The third kappa shape index (κ3) is 19.4. The molecule has 0 radical (unpaired) electrons. The molecule has 13 nitrogen and oxygen atoms in total. The molecule has 0 spiro atoms. The number of rotatable bonds is 15. The summed E-state index contributed by atoms with van der Waals surface area (Å²) in [4.78, 5) is 78.1. The van der Waals surface area contributed by atoms with Crippen molar-refractivity contribution in [2.45, 2.75) is 11.8 Å². The molecule has 0 heterocycles. The van der Waals surface area contributed by atoms with E-state index >= 15 is 0 Å². The minimum atomic E-state index is -3.59. The molecule has 5 aromatic rings. The molecular weight excluding hydrogens is 1250 g/mol. The summed E-state index contributed by atoms with van der Waals surface area (Å²) in [6.07, 6.45) is 0. The van der Waals surface area contributed by atoms with Gasteiger partial charge >= 0.3 is 0 Å². The van der Waals surface area contributed by atoms with Gasteiger partial charge in [-0.1, -0.05) is 76.2 Å². The summed E-state index contributed by atoms with van der Waals surface area (Å²) in [5, 5.41) is -4.81. The summed E-state index contributed by atoms with van der Waals surface area (Å²) in [6.45, 7) is 1.63. The monoisotopic (exact) mass is 1280 g/mol. The molecule has 0 fully saturated rings. The Morgan fingerprint density at radius 1 is 0.521 bits per heavy atom. The number of ketones is 1. The summed E-state index contributed by atoms with van der Waals surface area (Å²) in [6, 6.07) is 21.7. The molecule has 27 heteroatoms. The van der Waals surface area contributed by atoms with Gasteiger partial charge in [-0.2, -0.15) is 0 Å². The molecule has 0 aliphatic carbocycles. The fourth-order valence-electron chi connectivity index (χ4n) is 4.90. The van der Waals surface area contributed by atoms with E-state index < -0.39 is 46.9 Å². The predicted molar refractivity (Wildman–Crippen MR) is 293 cm³/mol. The SMILES string of the molecule is CC(CCl)(CCl)C(=O)Cl.COc1ccc(C(=O)Cl)c(OC)c1.COc1ccc(S(=O)(=O)N(C)C)cc1C(=O)Cl.O=C(Cl)c1c(Cl)c(Cl)c(C(=O)Cl)c(Cl)c1Cl.O=C(Cl)c1ccccc1C(=O)c1ccc(Cl)cc1. The van der Waals surface area contributed by atoms with E-state index in [1.54, 1.807) is 67.6 Å². The molecule has 394 valence electrons. The first kappa shape index (κ1) is 67.9. The quantitative estimate of drug-likeness (QED) is 0.0419. The number of alkyl halides is 2. The van der Waals surface area contributed by atoms with E-state index in [4.69, 9.17) is 165 Å². The van der Waals surface area contributed by atoms with Crippen LogP contribution in [0, 0.1) is 5.41 Å². The maximum absolute atomic E-state index is 12.2. The van der Waals surface area contributed by atoms with Crippen LogP contribution in [0.1, 0.15) is 74.6 Å². The lowest BCUT2D eigenvalue weighted by Crippen LogP contribution is -2.27. The molecule has 5 aromatic carbocycles. The smallest absolute Gasteiger partial charge is 0.256 e. The molecule has 0 atom stereocenters. The van der Waals surface area contributed by atoms with E-state index in [1.807, 2.05) is 0 Å². The van der Waals surface area contributed by atoms with Gasteiger partial charge < -0.3 is 14.2 Å². The summed E-state index contributed by atoms with van der Waals surface area (Å²) < 4.78 is 39.6. The Kier molecular flexibility index (Phi) is 29.6. The molecule has 0 saturated carbocycles. The third-order valence-electron chi connectivity index (χ3n) is 8.99. The topological polar surface area (TPSA) is 185 Å². The van der Waals surface area contributed by atoms with Crippen LogP contribution < -0.4 is 14.2 Å². The number of methoxy groups -OCH3 is 3. The van der Waals surface area contributed by atoms with E-state index in [-0.39, 0.29) is 70.5 Å². The number of halogens is 13. The van der Waals surface area contributed by atoms with Crippen molar-refractivity contribution in [1.29, 1.82) is 0 Å². The Morgan fingerprint density at radius 3 is 1.30 bits per heavy atom. The Hall–Kier alpha value is -3.13. The van der Waals surface area contributed by atoms with Crippen molar-refractivity contribution >= 4 is 198 Å². The highest BCUT2D eigenvalue weighted by Crippen LogP contribution is 2.42. The van der Waals surface area contributed by atoms with Crippen molar-refractivity contribution in [2.24, 2.45) is 5.41 Å². The molecule has 0 unspecified atom stereocenters. The van der Waals surface area contributed by atoms with Gasteiger partial charge in [0.25, 0.3) is 26.2 Å². The van der Waals surface area contributed by atoms with Crippen LogP contribution in [0.15, 0.2) is 89.8 Å². The van der Waals surface area contributed by atoms with Gasteiger partial charge in [0.15, 0.2) is 5.78 Å². The van der Waals surface area contributed by atoms with Crippen molar-refractivity contribution in [3.8, 4) is 17.2 Å². The Labute approximate surface area is 484 Å². The second-order valence-corrected chi connectivity index (χ2v) is 20.8. The highest BCUT2D eigenvalue weighted by Gasteiger charge is 2.30. The predicted octanol–water partition coefficient (Wildman–Crippen LogP) is 14.7. The molecule has 0 aliphatic heterocycles. The normalized spacial score (nSPS) is 10.6. The van der Waals surface area contributed by atoms with Crippen LogP contribution in [-0.4, -0.2) is 97.1 Å². The van der Waals surface area contributed by atoms with Crippen molar-refractivity contribution < 1.29 is 56.2 Å². The maximum atomic E-state index is 12.2. The standard InChI is InChI=1S/C14H8Cl2O2.C10H12ClNO4S.C9H9ClO3.C8Cl6O2.C5H7Cl3O/c15-10-7-5-9(6-8-10)13(17)11-3-1-2-4-12(11)14(16)18;1-12(2)17(14,15)7-4-5-9(16-3)8(6-7)10(11)13;1-12-6-3-4-7(9(10)11)8(5-6)13-2;9-3-1(7(13)15)4(10)6(12)2(5(3)11)8(14)16;1-5(2-6,3-7)4(8)9/h1-8H;4-6H,1-3H3;3-5H,1-2H3;;2-3H2,1H3. The lowest BCUT2D eigenvalue weighted by atomic mass is 9.99. The molecule has 0 amide bonds. The molecule has 0 N–H and O–H groups in total. The van der Waals surface area contributed by atoms with Crippen molar-refractivity contribution in [3.05, 3.63) is 149 Å². The van der Waals surface area contributed by atoms with Gasteiger partial charge in [0.05, 0.1) is 74.0 Å². The van der Waals surface area contributed by atoms with Crippen LogP contribution in [-0.2, 0) is 14.8 Å². The minimum absolute atomic E-state index is 0.00713. The summed E-state index contributed by atoms with van der Waals surface area (Å²) in [7, 11) is 3.60. The van der Waals surface area contributed by atoms with Gasteiger partial charge in [0, 0.05) is 53.6 Å². The van der Waals surface area contributed by atoms with E-state index in [1.165, 1.54) is 59.7 Å². The average molecular weight is 1290 g/mol. The third-order valence-corrected chi connectivity index (χ3v) is 15.4. The Balaban J connectivity index is 0.000000464. The largest absolute Gasteiger partial charge is 0.497 e. The molecular formula is C46H36Cl13NO12S. The molecule has 0 saturated heterocycles. The average Bonchev–Trinajstić information content (AvgIpc) is 3.35. The van der Waals surface area contributed by atoms with Crippen LogP contribution in [0.4, 0.5) is 0 Å². The van der Waals surface area contributed by atoms with Gasteiger partial charge in [-0.25, -0.2) is 12.7 Å². The van der Waals surface area contributed by atoms with Gasteiger partial charge in [-0.3, -0.25) is 33.6 Å². The summed E-state index contributed by atoms with van der Waals surface area (Å²) >= 11 is 71.3. The van der Waals surface area contributed by atoms with Crippen LogP contribution in [0.5, 0.6) is 17.2 Å². The van der Waals surface area contributed by atoms with Crippen molar-refractivity contribution in [1.82, 2.24) is 4.31 Å². The lowest BCUT2D eigenvalue weighted by Gasteiger charge is -2.17. The lowest BCUT2D eigenvalue weighted by molar-refractivity contribution is -0.117. The number of carbonyl (C=O) groups is 7. The molecule has 5 rings (SSSR count). The second-order valence-electron chi connectivity index (χ2n) is 14.1. The zero-order valence-electron chi connectivity index (χ0n) is 38.2. The first-order chi connectivity index (χ1) is 33.9. The fraction of sp³-hybridized carbons (Fsp3) is 0.196. The maximum Gasteiger partial charge on any atom is 0.256 e. The van der Waals surface area contributed by atoms with Crippen LogP contribution in [0.2, 0.25) is 25.1 Å². The van der Waals surface area contributed by atoms with Crippen molar-refractivity contribution in [2.75, 3.05) is 47.2 Å². The van der Waals surface area contributed by atoms with E-state index in [0.717, 1.165) is 4.31 Å². The van der Waals surface area contributed by atoms with Gasteiger partial charge in [0.1, 0.15) is 17.2 Å². The molecule has 73 heavy (non-hydrogen) atoms. The number of nitrogens with zero attached hydrogens (tertiary/aromatic N) is 1. The summed E-state index contributed by atoms with van der Waals surface area (Å²) in [5.74, 6) is 1.36. The first-order valence-electron chi connectivity index (χ1n) is 19.3. The van der Waals surface area contributed by atoms with Crippen molar-refractivity contribution in [3.63, 3.8) is 0 Å². The Bertz CT molecular complexity index is 2880. The van der Waals surface area contributed by atoms with E-state index in [9.17, 15) is 42.0 Å². The van der Waals surface area contributed by atoms with Gasteiger partial charge in [0.2, 0.25) is 15.3 Å². The van der Waals surface area contributed by atoms with Gasteiger partial charge in [-0.05, 0) is 137 Å². The highest BCUT2D eigenvalue weighted by molar-refractivity contribution is 7.89. The number of hydrogen-bond donors (Lipinski definition) is 0. The summed E-state index contributed by atoms with van der Waals surface area (Å²) in [5.41, 5.74) is 0.0408. The molecule has 0 bridgehead atoms. The van der Waals surface area contributed by atoms with Crippen LogP contribution >= 0.6 is 151 Å². The number of carbonyl (C=O) groups excluding carboxylic acids is 7. The molecule has 0 aliphatic rings. The Morgan fingerprint density at radius 2 is 0.959 bits per heavy atom. The fourth-order valence-corrected chi connectivity index (χ4v) is 8.99. The number of benzene rings is 5. The minimum Gasteiger partial charge on any atom is -0.497 e. The van der Waals surface area contributed by atoms with Crippen LogP contribution in [0.3, 0.4) is 0 Å². The highest BCUT2D eigenvalue weighted by atomic mass is 35.5. The van der Waals surface area contributed by atoms with Gasteiger partial charge in [-0.15, -0.1) is 23.2 Å². The zero-order chi connectivity index (χ0) is 56.3. The second kappa shape index (κ2) is 31.8. The molecule has 0 aromatic heterocycles. The first-order valence-corrected chi connectivity index (χ1v) is 26.0. The number of sulfonamides is 1. The van der Waals surface area contributed by atoms with Crippen LogP contribution in [0.25, 0.3) is 0 Å².